The summed E-state index contributed by atoms with van der Waals surface area (Å²) in [7, 11) is -2.08. The fourth-order valence-electron chi connectivity index (χ4n) is 1.92. The molecule has 5 nitrogen and oxygen atoms in total. The average Bonchev–Trinajstić information content (AvgIpc) is 2.53. The van der Waals surface area contributed by atoms with E-state index in [1.807, 2.05) is 13.8 Å². The third-order valence-corrected chi connectivity index (χ3v) is 4.44. The Morgan fingerprint density at radius 2 is 1.74 bits per heavy atom. The van der Waals surface area contributed by atoms with Gasteiger partial charge >= 0.3 is 0 Å². The minimum atomic E-state index is -3.63. The van der Waals surface area contributed by atoms with E-state index in [4.69, 9.17) is 9.47 Å². The molecule has 0 bridgehead atoms. The number of nitrogens with one attached hydrogen (secondary N) is 1. The molecule has 0 radical (unpaired) electrons. The lowest BCUT2D eigenvalue weighted by Crippen LogP contribution is -2.13. The van der Waals surface area contributed by atoms with Crippen molar-refractivity contribution >= 4 is 15.7 Å². The molecule has 0 saturated heterocycles. The van der Waals surface area contributed by atoms with Crippen LogP contribution in [-0.2, 0) is 10.0 Å². The van der Waals surface area contributed by atoms with Gasteiger partial charge < -0.3 is 9.47 Å². The van der Waals surface area contributed by atoms with E-state index in [2.05, 4.69) is 4.72 Å². The lowest BCUT2D eigenvalue weighted by atomic mass is 10.2. The molecular formula is C17H21NO4S. The molecule has 0 aliphatic carbocycles. The van der Waals surface area contributed by atoms with Crippen LogP contribution in [0.3, 0.4) is 0 Å². The minimum Gasteiger partial charge on any atom is -0.493 e. The number of hydrogen-bond donors (Lipinski definition) is 1. The number of anilines is 1. The highest BCUT2D eigenvalue weighted by atomic mass is 32.2. The van der Waals surface area contributed by atoms with Crippen molar-refractivity contribution in [3.05, 3.63) is 48.5 Å². The second-order valence-corrected chi connectivity index (χ2v) is 7.17. The van der Waals surface area contributed by atoms with Gasteiger partial charge in [0.1, 0.15) is 0 Å². The van der Waals surface area contributed by atoms with Crippen molar-refractivity contribution in [2.24, 2.45) is 5.92 Å². The van der Waals surface area contributed by atoms with Gasteiger partial charge in [-0.15, -0.1) is 0 Å². The van der Waals surface area contributed by atoms with Crippen LogP contribution in [0.5, 0.6) is 11.5 Å². The Morgan fingerprint density at radius 3 is 2.35 bits per heavy atom. The molecule has 0 spiro atoms. The Bertz CT molecular complexity index is 742. The zero-order valence-corrected chi connectivity index (χ0v) is 14.3. The van der Waals surface area contributed by atoms with Gasteiger partial charge in [-0.3, -0.25) is 4.72 Å². The summed E-state index contributed by atoms with van der Waals surface area (Å²) in [5.41, 5.74) is 0.424. The van der Waals surface area contributed by atoms with Gasteiger partial charge in [0.15, 0.2) is 11.5 Å². The summed E-state index contributed by atoms with van der Waals surface area (Å²) in [5.74, 6) is 1.42. The molecule has 0 unspecified atom stereocenters. The zero-order valence-electron chi connectivity index (χ0n) is 13.4. The second kappa shape index (κ2) is 7.37. The minimum absolute atomic E-state index is 0.209. The average molecular weight is 335 g/mol. The maximum absolute atomic E-state index is 12.4. The summed E-state index contributed by atoms with van der Waals surface area (Å²) in [4.78, 5) is 0.209. The molecule has 0 atom stereocenters. The van der Waals surface area contributed by atoms with Crippen LogP contribution >= 0.6 is 0 Å². The highest BCUT2D eigenvalue weighted by Gasteiger charge is 2.15. The third kappa shape index (κ3) is 4.63. The van der Waals surface area contributed by atoms with Gasteiger partial charge in [0, 0.05) is 6.07 Å². The third-order valence-electron chi connectivity index (χ3n) is 3.04. The summed E-state index contributed by atoms with van der Waals surface area (Å²) in [6, 6.07) is 13.2. The molecule has 1 N–H and O–H groups in total. The topological polar surface area (TPSA) is 64.6 Å². The smallest absolute Gasteiger partial charge is 0.261 e. The Labute approximate surface area is 137 Å². The maximum atomic E-state index is 12.4. The first-order valence-electron chi connectivity index (χ1n) is 7.31. The summed E-state index contributed by atoms with van der Waals surface area (Å²) in [5, 5.41) is 0. The fraction of sp³-hybridized carbons (Fsp3) is 0.294. The van der Waals surface area contributed by atoms with Crippen LogP contribution in [0.4, 0.5) is 5.69 Å². The first-order chi connectivity index (χ1) is 10.9. The quantitative estimate of drug-likeness (QED) is 0.841. The Hall–Kier alpha value is -2.21. The zero-order chi connectivity index (χ0) is 16.9. The lowest BCUT2D eigenvalue weighted by Gasteiger charge is -2.14. The molecule has 0 aromatic heterocycles. The van der Waals surface area contributed by atoms with Crippen LogP contribution in [0.25, 0.3) is 0 Å². The van der Waals surface area contributed by atoms with Crippen LogP contribution in [0.15, 0.2) is 53.4 Å². The van der Waals surface area contributed by atoms with E-state index in [-0.39, 0.29) is 4.90 Å². The Kier molecular flexibility index (Phi) is 5.50. The van der Waals surface area contributed by atoms with E-state index in [0.29, 0.717) is 29.7 Å². The molecule has 23 heavy (non-hydrogen) atoms. The van der Waals surface area contributed by atoms with Crippen molar-refractivity contribution < 1.29 is 17.9 Å². The molecule has 6 heteroatoms. The number of methoxy groups -OCH3 is 1. The molecule has 2 aromatic carbocycles. The molecule has 0 fully saturated rings. The Morgan fingerprint density at radius 1 is 1.04 bits per heavy atom. The van der Waals surface area contributed by atoms with E-state index in [9.17, 15) is 8.42 Å². The molecule has 2 aromatic rings. The second-order valence-electron chi connectivity index (χ2n) is 5.49. The predicted octanol–water partition coefficient (Wildman–Crippen LogP) is 3.53. The number of rotatable bonds is 7. The van der Waals surface area contributed by atoms with Gasteiger partial charge in [0.05, 0.1) is 24.3 Å². The van der Waals surface area contributed by atoms with Crippen LogP contribution < -0.4 is 14.2 Å². The first-order valence-corrected chi connectivity index (χ1v) is 8.79. The molecule has 0 heterocycles. The van der Waals surface area contributed by atoms with Crippen molar-refractivity contribution in [3.63, 3.8) is 0 Å². The summed E-state index contributed by atoms with van der Waals surface area (Å²) in [6.07, 6.45) is 0. The van der Waals surface area contributed by atoms with Gasteiger partial charge in [-0.2, -0.15) is 0 Å². The number of ether oxygens (including phenoxy) is 2. The molecule has 2 rings (SSSR count). The lowest BCUT2D eigenvalue weighted by molar-refractivity contribution is 0.257. The highest BCUT2D eigenvalue weighted by molar-refractivity contribution is 7.92. The molecule has 124 valence electrons. The van der Waals surface area contributed by atoms with Crippen molar-refractivity contribution in [1.29, 1.82) is 0 Å². The number of sulfonamides is 1. The maximum Gasteiger partial charge on any atom is 0.261 e. The van der Waals surface area contributed by atoms with Gasteiger partial charge in [0.2, 0.25) is 0 Å². The van der Waals surface area contributed by atoms with E-state index in [1.165, 1.54) is 0 Å². The monoisotopic (exact) mass is 335 g/mol. The summed E-state index contributed by atoms with van der Waals surface area (Å²) in [6.45, 7) is 4.59. The molecule has 0 aliphatic heterocycles. The van der Waals surface area contributed by atoms with E-state index in [0.717, 1.165) is 0 Å². The molecule has 0 amide bonds. The Balaban J connectivity index is 2.25. The van der Waals surface area contributed by atoms with Crippen LogP contribution in [0.1, 0.15) is 13.8 Å². The van der Waals surface area contributed by atoms with E-state index >= 15 is 0 Å². The summed E-state index contributed by atoms with van der Waals surface area (Å²) < 4.78 is 38.2. The van der Waals surface area contributed by atoms with Crippen molar-refractivity contribution in [2.45, 2.75) is 18.7 Å². The molecule has 0 aliphatic rings. The standard InChI is InChI=1S/C17H21NO4S/c1-13(2)12-22-17-11-14(9-10-16(17)21-3)18-23(19,20)15-7-5-4-6-8-15/h4-11,13,18H,12H2,1-3H3. The first kappa shape index (κ1) is 17.1. The largest absolute Gasteiger partial charge is 0.493 e. The van der Waals surface area contributed by atoms with Gasteiger partial charge in [-0.1, -0.05) is 32.0 Å². The van der Waals surface area contributed by atoms with Crippen LogP contribution in [0.2, 0.25) is 0 Å². The number of benzene rings is 2. The van der Waals surface area contributed by atoms with Crippen molar-refractivity contribution in [1.82, 2.24) is 0 Å². The van der Waals surface area contributed by atoms with Gasteiger partial charge in [-0.25, -0.2) is 8.42 Å². The summed E-state index contributed by atoms with van der Waals surface area (Å²) >= 11 is 0. The molecule has 0 saturated carbocycles. The van der Waals surface area contributed by atoms with E-state index < -0.39 is 10.0 Å². The van der Waals surface area contributed by atoms with Crippen molar-refractivity contribution in [3.8, 4) is 11.5 Å². The number of hydrogen-bond acceptors (Lipinski definition) is 4. The van der Waals surface area contributed by atoms with E-state index in [1.54, 1.807) is 55.6 Å². The predicted molar refractivity (Wildman–Crippen MR) is 90.6 cm³/mol. The van der Waals surface area contributed by atoms with Crippen LogP contribution in [-0.4, -0.2) is 22.1 Å². The molecular weight excluding hydrogens is 314 g/mol. The van der Waals surface area contributed by atoms with Gasteiger partial charge in [0.25, 0.3) is 10.0 Å². The fourth-order valence-corrected chi connectivity index (χ4v) is 2.99. The highest BCUT2D eigenvalue weighted by Crippen LogP contribution is 2.31. The van der Waals surface area contributed by atoms with Crippen molar-refractivity contribution in [2.75, 3.05) is 18.4 Å². The van der Waals surface area contributed by atoms with Gasteiger partial charge in [-0.05, 0) is 30.2 Å². The SMILES string of the molecule is COc1ccc(NS(=O)(=O)c2ccccc2)cc1OCC(C)C. The van der Waals surface area contributed by atoms with Crippen LogP contribution in [0, 0.1) is 5.92 Å². The normalized spacial score (nSPS) is 11.3.